The normalized spacial score (nSPS) is 18.1. The number of rotatable bonds is 5. The van der Waals surface area contributed by atoms with Gasteiger partial charge in [0.1, 0.15) is 0 Å². The molecule has 2 rings (SSSR count). The maximum atomic E-state index is 12.4. The van der Waals surface area contributed by atoms with E-state index >= 15 is 0 Å². The summed E-state index contributed by atoms with van der Waals surface area (Å²) in [5.41, 5.74) is -4.65. The quantitative estimate of drug-likeness (QED) is 0.889. The van der Waals surface area contributed by atoms with Crippen molar-refractivity contribution < 1.29 is 21.6 Å². The Balaban J connectivity index is 2.06. The lowest BCUT2D eigenvalue weighted by molar-refractivity contribution is -0.0436. The lowest BCUT2D eigenvalue weighted by Gasteiger charge is -2.40. The molecular formula is C13H16F3NO2S2. The summed E-state index contributed by atoms with van der Waals surface area (Å²) in [6.45, 7) is 0.722. The summed E-state index contributed by atoms with van der Waals surface area (Å²) >= 11 is 1.78. The summed E-state index contributed by atoms with van der Waals surface area (Å²) in [4.78, 5) is -0.733. The van der Waals surface area contributed by atoms with Gasteiger partial charge in [-0.05, 0) is 43.4 Å². The van der Waals surface area contributed by atoms with Gasteiger partial charge in [-0.1, -0.05) is 6.42 Å². The first-order valence-corrected chi connectivity index (χ1v) is 9.11. The fraction of sp³-hybridized carbons (Fsp3) is 0.538. The Bertz CT molecular complexity index is 587. The second kappa shape index (κ2) is 5.72. The molecule has 1 aliphatic rings. The first-order valence-electron chi connectivity index (χ1n) is 6.41. The molecule has 0 amide bonds. The van der Waals surface area contributed by atoms with Gasteiger partial charge in [0.05, 0.1) is 4.90 Å². The molecular weight excluding hydrogens is 323 g/mol. The van der Waals surface area contributed by atoms with Crippen LogP contribution in [0.3, 0.4) is 0 Å². The van der Waals surface area contributed by atoms with Gasteiger partial charge in [-0.2, -0.15) is 24.9 Å². The molecule has 1 saturated carbocycles. The van der Waals surface area contributed by atoms with Crippen LogP contribution in [0.2, 0.25) is 0 Å². The molecule has 8 heteroatoms. The lowest BCUT2D eigenvalue weighted by atomic mass is 9.84. The molecule has 0 saturated heterocycles. The van der Waals surface area contributed by atoms with Crippen LogP contribution in [0, 0.1) is 0 Å². The molecule has 0 heterocycles. The highest BCUT2D eigenvalue weighted by Crippen LogP contribution is 2.42. The third-order valence-electron chi connectivity index (χ3n) is 3.78. The number of thioether (sulfide) groups is 1. The lowest BCUT2D eigenvalue weighted by Crippen LogP contribution is -2.40. The molecule has 3 nitrogen and oxygen atoms in total. The van der Waals surface area contributed by atoms with E-state index in [4.69, 9.17) is 0 Å². The highest BCUT2D eigenvalue weighted by atomic mass is 32.2. The number of hydrogen-bond donors (Lipinski definition) is 1. The van der Waals surface area contributed by atoms with Crippen LogP contribution in [-0.4, -0.2) is 31.5 Å². The van der Waals surface area contributed by atoms with Crippen LogP contribution < -0.4 is 5.32 Å². The highest BCUT2D eigenvalue weighted by molar-refractivity contribution is 8.00. The molecule has 118 valence electrons. The Labute approximate surface area is 126 Å². The van der Waals surface area contributed by atoms with E-state index in [-0.39, 0.29) is 4.75 Å². The molecule has 0 atom stereocenters. The largest absolute Gasteiger partial charge is 0.501 e. The van der Waals surface area contributed by atoms with Crippen molar-refractivity contribution in [2.24, 2.45) is 0 Å². The molecule has 1 aliphatic carbocycles. The van der Waals surface area contributed by atoms with Gasteiger partial charge < -0.3 is 5.32 Å². The van der Waals surface area contributed by atoms with Crippen LogP contribution in [0.25, 0.3) is 0 Å². The number of nitrogens with one attached hydrogen (secondary N) is 1. The Kier molecular flexibility index (Phi) is 4.49. The van der Waals surface area contributed by atoms with Crippen LogP contribution in [0.5, 0.6) is 0 Å². The minimum absolute atomic E-state index is 0.191. The molecule has 0 aliphatic heterocycles. The third kappa shape index (κ3) is 3.31. The van der Waals surface area contributed by atoms with Gasteiger partial charge in [-0.25, -0.2) is 8.42 Å². The summed E-state index contributed by atoms with van der Waals surface area (Å²) in [5.74, 6) is 0. The van der Waals surface area contributed by atoms with E-state index in [1.807, 2.05) is 6.26 Å². The fourth-order valence-electron chi connectivity index (χ4n) is 2.17. The number of anilines is 1. The van der Waals surface area contributed by atoms with E-state index in [0.29, 0.717) is 5.69 Å². The van der Waals surface area contributed by atoms with Crippen LogP contribution >= 0.6 is 11.8 Å². The molecule has 1 aromatic rings. The topological polar surface area (TPSA) is 46.2 Å². The highest BCUT2D eigenvalue weighted by Gasteiger charge is 2.46. The summed E-state index contributed by atoms with van der Waals surface area (Å²) in [5, 5.41) is 3.16. The van der Waals surface area contributed by atoms with Crippen molar-refractivity contribution in [3.63, 3.8) is 0 Å². The molecule has 1 N–H and O–H groups in total. The van der Waals surface area contributed by atoms with Crippen LogP contribution in [0.4, 0.5) is 18.9 Å². The number of benzene rings is 1. The van der Waals surface area contributed by atoms with E-state index in [2.05, 4.69) is 5.32 Å². The minimum atomic E-state index is -5.27. The molecule has 21 heavy (non-hydrogen) atoms. The Morgan fingerprint density at radius 1 is 1.24 bits per heavy atom. The second-order valence-corrected chi connectivity index (χ2v) is 8.28. The molecule has 0 radical (unpaired) electrons. The Morgan fingerprint density at radius 2 is 1.81 bits per heavy atom. The minimum Gasteiger partial charge on any atom is -0.384 e. The molecule has 0 unspecified atom stereocenters. The van der Waals surface area contributed by atoms with Crippen molar-refractivity contribution >= 4 is 27.3 Å². The van der Waals surface area contributed by atoms with E-state index in [1.54, 1.807) is 11.8 Å². The zero-order valence-electron chi connectivity index (χ0n) is 11.4. The van der Waals surface area contributed by atoms with Gasteiger partial charge in [-0.15, -0.1) is 0 Å². The summed E-state index contributed by atoms with van der Waals surface area (Å²) in [6, 6.07) is 4.70. The van der Waals surface area contributed by atoms with Gasteiger partial charge in [0.2, 0.25) is 0 Å². The van der Waals surface area contributed by atoms with Gasteiger partial charge >= 0.3 is 5.51 Å². The maximum Gasteiger partial charge on any atom is 0.501 e. The molecule has 0 aromatic heterocycles. The average molecular weight is 339 g/mol. The maximum absolute atomic E-state index is 12.4. The fourth-order valence-corrected chi connectivity index (χ4v) is 3.85. The van der Waals surface area contributed by atoms with Crippen molar-refractivity contribution in [3.05, 3.63) is 24.3 Å². The Morgan fingerprint density at radius 3 is 2.19 bits per heavy atom. The van der Waals surface area contributed by atoms with Gasteiger partial charge in [-0.3, -0.25) is 0 Å². The van der Waals surface area contributed by atoms with E-state index in [9.17, 15) is 21.6 Å². The van der Waals surface area contributed by atoms with Crippen molar-refractivity contribution in [2.45, 2.75) is 34.4 Å². The summed E-state index contributed by atoms with van der Waals surface area (Å²) in [7, 11) is -5.27. The van der Waals surface area contributed by atoms with Gasteiger partial charge in [0, 0.05) is 17.0 Å². The number of alkyl halides is 3. The van der Waals surface area contributed by atoms with Crippen LogP contribution in [0.1, 0.15) is 19.3 Å². The van der Waals surface area contributed by atoms with Crippen LogP contribution in [-0.2, 0) is 9.84 Å². The van der Waals surface area contributed by atoms with Gasteiger partial charge in [0.15, 0.2) is 0 Å². The zero-order chi connectivity index (χ0) is 15.7. The number of hydrogen-bond acceptors (Lipinski definition) is 4. The van der Waals surface area contributed by atoms with Gasteiger partial charge in [0.25, 0.3) is 9.84 Å². The molecule has 0 spiro atoms. The third-order valence-corrected chi connectivity index (χ3v) is 6.70. The number of halogens is 3. The second-order valence-electron chi connectivity index (χ2n) is 5.07. The first-order chi connectivity index (χ1) is 9.70. The van der Waals surface area contributed by atoms with E-state index in [1.165, 1.54) is 18.6 Å². The molecule has 0 bridgehead atoms. The smallest absolute Gasteiger partial charge is 0.384 e. The van der Waals surface area contributed by atoms with Crippen molar-refractivity contribution in [3.8, 4) is 0 Å². The standard InChI is InChI=1S/C13H16F3NO2S2/c1-20-12(7-2-8-12)9-17-10-3-5-11(6-4-10)21(18,19)13(14,15)16/h3-6,17H,2,7-9H2,1H3. The SMILES string of the molecule is CSC1(CNc2ccc(S(=O)(=O)C(F)(F)F)cc2)CCC1. The van der Waals surface area contributed by atoms with Crippen molar-refractivity contribution in [1.29, 1.82) is 0 Å². The van der Waals surface area contributed by atoms with Crippen LogP contribution in [0.15, 0.2) is 29.2 Å². The number of sulfone groups is 1. The van der Waals surface area contributed by atoms with Crippen molar-refractivity contribution in [1.82, 2.24) is 0 Å². The monoisotopic (exact) mass is 339 g/mol. The van der Waals surface area contributed by atoms with Crippen molar-refractivity contribution in [2.75, 3.05) is 18.1 Å². The first kappa shape index (κ1) is 16.5. The average Bonchev–Trinajstić information content (AvgIpc) is 2.37. The Hall–Kier alpha value is -0.890. The van der Waals surface area contributed by atoms with E-state index < -0.39 is 20.2 Å². The zero-order valence-corrected chi connectivity index (χ0v) is 13.0. The summed E-state index contributed by atoms with van der Waals surface area (Å²) < 4.78 is 59.9. The molecule has 1 fully saturated rings. The van der Waals surface area contributed by atoms with E-state index in [0.717, 1.165) is 31.5 Å². The summed E-state index contributed by atoms with van der Waals surface area (Å²) in [6.07, 6.45) is 5.45. The predicted molar refractivity (Wildman–Crippen MR) is 78.3 cm³/mol. The molecule has 1 aromatic carbocycles. The predicted octanol–water partition coefficient (Wildman–Crippen LogP) is 3.68.